The zero-order chi connectivity index (χ0) is 19.7. The maximum Gasteiger partial charge on any atom is 0.346 e. The predicted octanol–water partition coefficient (Wildman–Crippen LogP) is 1.31. The van der Waals surface area contributed by atoms with Crippen LogP contribution in [0.25, 0.3) is 0 Å². The Hall–Kier alpha value is -2.88. The molecule has 10 nitrogen and oxygen atoms in total. The highest BCUT2D eigenvalue weighted by molar-refractivity contribution is 5.96. The van der Waals surface area contributed by atoms with Crippen molar-refractivity contribution in [3.63, 3.8) is 0 Å². The third-order valence-corrected chi connectivity index (χ3v) is 3.26. The standard InChI is InChI=1S/C16H22N2O8/c1-5-25-14-9-12(18(21)22)11(8-13(14)24-4)16(20)26-10(2)15(19)17-6-7-23-3/h8-10H,5-7H2,1-4H3,(H,17,19)/t10-/m0/s1. The third-order valence-electron chi connectivity index (χ3n) is 3.26. The van der Waals surface area contributed by atoms with Crippen LogP contribution in [0.1, 0.15) is 24.2 Å². The number of ether oxygens (including phenoxy) is 4. The number of nitro benzene ring substituents is 1. The van der Waals surface area contributed by atoms with Gasteiger partial charge in [0, 0.05) is 19.7 Å². The first kappa shape index (κ1) is 21.2. The van der Waals surface area contributed by atoms with Crippen LogP contribution in [0.5, 0.6) is 11.5 Å². The number of methoxy groups -OCH3 is 2. The van der Waals surface area contributed by atoms with Gasteiger partial charge >= 0.3 is 5.97 Å². The zero-order valence-electron chi connectivity index (χ0n) is 15.1. The molecule has 0 unspecified atom stereocenters. The van der Waals surface area contributed by atoms with E-state index in [9.17, 15) is 19.7 Å². The number of carbonyl (C=O) groups excluding carboxylic acids is 2. The summed E-state index contributed by atoms with van der Waals surface area (Å²) in [4.78, 5) is 34.7. The second-order valence-electron chi connectivity index (χ2n) is 5.04. The van der Waals surface area contributed by atoms with E-state index in [2.05, 4.69) is 5.32 Å². The minimum Gasteiger partial charge on any atom is -0.493 e. The Labute approximate surface area is 150 Å². The number of carbonyl (C=O) groups is 2. The second-order valence-corrected chi connectivity index (χ2v) is 5.04. The van der Waals surface area contributed by atoms with Crippen molar-refractivity contribution in [2.45, 2.75) is 20.0 Å². The SMILES string of the molecule is CCOc1cc([N+](=O)[O-])c(C(=O)O[C@@H](C)C(=O)NCCOC)cc1OC. The van der Waals surface area contributed by atoms with Gasteiger partial charge in [-0.25, -0.2) is 4.79 Å². The number of benzene rings is 1. The van der Waals surface area contributed by atoms with Crippen molar-refractivity contribution < 1.29 is 33.5 Å². The third kappa shape index (κ3) is 5.59. The monoisotopic (exact) mass is 370 g/mol. The summed E-state index contributed by atoms with van der Waals surface area (Å²) in [6.45, 7) is 3.87. The van der Waals surface area contributed by atoms with E-state index < -0.39 is 28.6 Å². The molecular weight excluding hydrogens is 348 g/mol. The van der Waals surface area contributed by atoms with Gasteiger partial charge in [0.2, 0.25) is 0 Å². The van der Waals surface area contributed by atoms with Crippen LogP contribution in [0, 0.1) is 10.1 Å². The van der Waals surface area contributed by atoms with Crippen molar-refractivity contribution in [1.82, 2.24) is 5.32 Å². The van der Waals surface area contributed by atoms with Gasteiger partial charge in [0.15, 0.2) is 17.6 Å². The van der Waals surface area contributed by atoms with Crippen LogP contribution in [-0.4, -0.2) is 56.9 Å². The lowest BCUT2D eigenvalue weighted by Crippen LogP contribution is -2.37. The van der Waals surface area contributed by atoms with Crippen molar-refractivity contribution in [3.8, 4) is 11.5 Å². The lowest BCUT2D eigenvalue weighted by atomic mass is 10.1. The summed E-state index contributed by atoms with van der Waals surface area (Å²) in [5.41, 5.74) is -0.849. The van der Waals surface area contributed by atoms with E-state index in [1.165, 1.54) is 21.1 Å². The first-order valence-electron chi connectivity index (χ1n) is 7.82. The Morgan fingerprint density at radius 3 is 2.50 bits per heavy atom. The molecule has 0 bridgehead atoms. The largest absolute Gasteiger partial charge is 0.493 e. The molecule has 0 heterocycles. The highest BCUT2D eigenvalue weighted by Crippen LogP contribution is 2.35. The van der Waals surface area contributed by atoms with Crippen molar-refractivity contribution in [1.29, 1.82) is 0 Å². The van der Waals surface area contributed by atoms with Crippen LogP contribution in [0.3, 0.4) is 0 Å². The molecule has 0 saturated carbocycles. The topological polar surface area (TPSA) is 126 Å². The van der Waals surface area contributed by atoms with Gasteiger partial charge in [-0.2, -0.15) is 0 Å². The summed E-state index contributed by atoms with van der Waals surface area (Å²) in [6, 6.07) is 2.24. The molecule has 1 atom stereocenters. The van der Waals surface area contributed by atoms with Gasteiger partial charge in [-0.05, 0) is 13.8 Å². The van der Waals surface area contributed by atoms with E-state index in [1.54, 1.807) is 6.92 Å². The second kappa shape index (κ2) is 10.2. The van der Waals surface area contributed by atoms with Gasteiger partial charge in [0.05, 0.1) is 31.3 Å². The maximum atomic E-state index is 12.3. The van der Waals surface area contributed by atoms with E-state index in [1.807, 2.05) is 0 Å². The molecule has 0 spiro atoms. The molecule has 26 heavy (non-hydrogen) atoms. The predicted molar refractivity (Wildman–Crippen MR) is 90.6 cm³/mol. The summed E-state index contributed by atoms with van der Waals surface area (Å²) in [5.74, 6) is -1.30. The molecule has 0 aromatic heterocycles. The van der Waals surface area contributed by atoms with Crippen molar-refractivity contribution in [2.75, 3.05) is 34.0 Å². The van der Waals surface area contributed by atoms with Gasteiger partial charge in [-0.3, -0.25) is 14.9 Å². The molecule has 1 N–H and O–H groups in total. The molecule has 1 aromatic carbocycles. The van der Waals surface area contributed by atoms with E-state index in [4.69, 9.17) is 18.9 Å². The Kier molecular flexibility index (Phi) is 8.29. The van der Waals surface area contributed by atoms with Crippen LogP contribution < -0.4 is 14.8 Å². The molecule has 144 valence electrons. The van der Waals surface area contributed by atoms with Gasteiger partial charge in [0.1, 0.15) is 5.56 Å². The molecule has 0 aliphatic rings. The average Bonchev–Trinajstić information content (AvgIpc) is 2.61. The highest BCUT2D eigenvalue weighted by Gasteiger charge is 2.28. The molecule has 0 fully saturated rings. The molecular formula is C16H22N2O8. The number of rotatable bonds is 10. The minimum atomic E-state index is -1.14. The number of nitrogens with zero attached hydrogens (tertiary/aromatic N) is 1. The minimum absolute atomic E-state index is 0.128. The normalized spacial score (nSPS) is 11.4. The molecule has 0 aliphatic carbocycles. The summed E-state index contributed by atoms with van der Waals surface area (Å²) < 4.78 is 20.2. The summed E-state index contributed by atoms with van der Waals surface area (Å²) in [6.07, 6.45) is -1.14. The van der Waals surface area contributed by atoms with Crippen molar-refractivity contribution >= 4 is 17.6 Å². The Bertz CT molecular complexity index is 662. The first-order chi connectivity index (χ1) is 12.3. The van der Waals surface area contributed by atoms with Gasteiger partial charge in [0.25, 0.3) is 11.6 Å². The number of esters is 1. The van der Waals surface area contributed by atoms with Crippen LogP contribution in [0.15, 0.2) is 12.1 Å². The molecule has 1 amide bonds. The summed E-state index contributed by atoms with van der Waals surface area (Å²) >= 11 is 0. The van der Waals surface area contributed by atoms with Gasteiger partial charge in [-0.1, -0.05) is 0 Å². The van der Waals surface area contributed by atoms with E-state index in [-0.39, 0.29) is 30.2 Å². The smallest absolute Gasteiger partial charge is 0.346 e. The molecule has 0 radical (unpaired) electrons. The average molecular weight is 370 g/mol. The molecule has 10 heteroatoms. The fourth-order valence-electron chi connectivity index (χ4n) is 1.99. The number of hydrogen-bond acceptors (Lipinski definition) is 8. The number of nitrogens with one attached hydrogen (secondary N) is 1. The quantitative estimate of drug-likeness (QED) is 0.283. The molecule has 0 aliphatic heterocycles. The molecule has 0 saturated heterocycles. The van der Waals surface area contributed by atoms with Crippen LogP contribution in [-0.2, 0) is 14.3 Å². The Morgan fingerprint density at radius 1 is 1.27 bits per heavy atom. The van der Waals surface area contributed by atoms with Crippen molar-refractivity contribution in [2.24, 2.45) is 0 Å². The fraction of sp³-hybridized carbons (Fsp3) is 0.500. The Balaban J connectivity index is 3.03. The highest BCUT2D eigenvalue weighted by atomic mass is 16.6. The maximum absolute atomic E-state index is 12.3. The molecule has 1 rings (SSSR count). The lowest BCUT2D eigenvalue weighted by Gasteiger charge is -2.15. The first-order valence-corrected chi connectivity index (χ1v) is 7.82. The van der Waals surface area contributed by atoms with Crippen molar-refractivity contribution in [3.05, 3.63) is 27.8 Å². The number of hydrogen-bond donors (Lipinski definition) is 1. The summed E-state index contributed by atoms with van der Waals surface area (Å²) in [7, 11) is 2.82. The van der Waals surface area contributed by atoms with Crippen LogP contribution in [0.2, 0.25) is 0 Å². The van der Waals surface area contributed by atoms with Crippen LogP contribution >= 0.6 is 0 Å². The van der Waals surface area contributed by atoms with Gasteiger partial charge < -0.3 is 24.3 Å². The number of amides is 1. The van der Waals surface area contributed by atoms with E-state index >= 15 is 0 Å². The Morgan fingerprint density at radius 2 is 1.96 bits per heavy atom. The number of nitro groups is 1. The van der Waals surface area contributed by atoms with Crippen LogP contribution in [0.4, 0.5) is 5.69 Å². The van der Waals surface area contributed by atoms with Gasteiger partial charge in [-0.15, -0.1) is 0 Å². The fourth-order valence-corrected chi connectivity index (χ4v) is 1.99. The zero-order valence-corrected chi connectivity index (χ0v) is 15.1. The summed E-state index contributed by atoms with van der Waals surface area (Å²) in [5, 5.41) is 13.8. The van der Waals surface area contributed by atoms with E-state index in [0.717, 1.165) is 12.1 Å². The lowest BCUT2D eigenvalue weighted by molar-refractivity contribution is -0.385. The molecule has 1 aromatic rings. The van der Waals surface area contributed by atoms with E-state index in [0.29, 0.717) is 6.61 Å².